The van der Waals surface area contributed by atoms with E-state index in [2.05, 4.69) is 74.4 Å². The van der Waals surface area contributed by atoms with Crippen LogP contribution in [-0.4, -0.2) is 32.1 Å². The minimum atomic E-state index is 0.790. The van der Waals surface area contributed by atoms with Crippen molar-refractivity contribution >= 4 is 0 Å². The van der Waals surface area contributed by atoms with Crippen molar-refractivity contribution in [3.05, 3.63) is 65.2 Å². The SMILES string of the molecule is Cc1ccc(OCCCCN(C)C)c(Cc2ccccc2)c1. The number of benzene rings is 2. The molecule has 0 spiro atoms. The van der Waals surface area contributed by atoms with E-state index in [9.17, 15) is 0 Å². The van der Waals surface area contributed by atoms with Gasteiger partial charge < -0.3 is 9.64 Å². The summed E-state index contributed by atoms with van der Waals surface area (Å²) < 4.78 is 6.03. The minimum Gasteiger partial charge on any atom is -0.493 e. The number of unbranched alkanes of at least 4 members (excludes halogenated alkanes) is 1. The molecule has 2 heteroatoms. The van der Waals surface area contributed by atoms with Crippen LogP contribution in [-0.2, 0) is 6.42 Å². The Hall–Kier alpha value is -1.80. The zero-order valence-corrected chi connectivity index (χ0v) is 14.0. The third-order valence-corrected chi connectivity index (χ3v) is 3.71. The molecular formula is C20H27NO. The average Bonchev–Trinajstić information content (AvgIpc) is 2.49. The van der Waals surface area contributed by atoms with Crippen LogP contribution in [0.1, 0.15) is 29.5 Å². The molecule has 0 aliphatic heterocycles. The summed E-state index contributed by atoms with van der Waals surface area (Å²) in [6.45, 7) is 4.04. The van der Waals surface area contributed by atoms with Gasteiger partial charge in [-0.15, -0.1) is 0 Å². The lowest BCUT2D eigenvalue weighted by Gasteiger charge is -2.13. The van der Waals surface area contributed by atoms with Crippen LogP contribution in [0.4, 0.5) is 0 Å². The maximum absolute atomic E-state index is 6.03. The summed E-state index contributed by atoms with van der Waals surface area (Å²) in [5.41, 5.74) is 3.88. The maximum Gasteiger partial charge on any atom is 0.122 e. The summed E-state index contributed by atoms with van der Waals surface area (Å²) in [5.74, 6) is 1.03. The molecule has 2 aromatic rings. The molecule has 2 rings (SSSR count). The van der Waals surface area contributed by atoms with E-state index in [4.69, 9.17) is 4.74 Å². The number of hydrogen-bond donors (Lipinski definition) is 0. The third kappa shape index (κ3) is 5.53. The Morgan fingerprint density at radius 1 is 0.955 bits per heavy atom. The maximum atomic E-state index is 6.03. The van der Waals surface area contributed by atoms with Gasteiger partial charge in [0.2, 0.25) is 0 Å². The Kier molecular flexibility index (Phi) is 6.47. The van der Waals surface area contributed by atoms with Crippen LogP contribution in [0, 0.1) is 6.92 Å². The van der Waals surface area contributed by atoms with Crippen molar-refractivity contribution < 1.29 is 4.74 Å². The smallest absolute Gasteiger partial charge is 0.122 e. The highest BCUT2D eigenvalue weighted by Gasteiger charge is 2.05. The first kappa shape index (κ1) is 16.6. The Labute approximate surface area is 134 Å². The first-order chi connectivity index (χ1) is 10.6. The normalized spacial score (nSPS) is 10.9. The van der Waals surface area contributed by atoms with E-state index >= 15 is 0 Å². The lowest BCUT2D eigenvalue weighted by atomic mass is 10.0. The fourth-order valence-electron chi connectivity index (χ4n) is 2.52. The second kappa shape index (κ2) is 8.60. The minimum absolute atomic E-state index is 0.790. The van der Waals surface area contributed by atoms with Crippen LogP contribution in [0.5, 0.6) is 5.75 Å². The first-order valence-electron chi connectivity index (χ1n) is 8.06. The summed E-state index contributed by atoms with van der Waals surface area (Å²) >= 11 is 0. The summed E-state index contributed by atoms with van der Waals surface area (Å²) in [7, 11) is 4.22. The van der Waals surface area contributed by atoms with E-state index in [-0.39, 0.29) is 0 Å². The monoisotopic (exact) mass is 297 g/mol. The quantitative estimate of drug-likeness (QED) is 0.673. The van der Waals surface area contributed by atoms with Gasteiger partial charge in [0.15, 0.2) is 0 Å². The second-order valence-electron chi connectivity index (χ2n) is 6.13. The molecule has 118 valence electrons. The van der Waals surface area contributed by atoms with E-state index in [1.807, 2.05) is 0 Å². The fourth-order valence-corrected chi connectivity index (χ4v) is 2.52. The summed E-state index contributed by atoms with van der Waals surface area (Å²) in [5, 5.41) is 0. The Bertz CT molecular complexity index is 563. The highest BCUT2D eigenvalue weighted by Crippen LogP contribution is 2.23. The van der Waals surface area contributed by atoms with Crippen LogP contribution in [0.15, 0.2) is 48.5 Å². The molecule has 0 aliphatic carbocycles. The fraction of sp³-hybridized carbons (Fsp3) is 0.400. The van der Waals surface area contributed by atoms with Gasteiger partial charge in [-0.05, 0) is 57.6 Å². The van der Waals surface area contributed by atoms with Crippen LogP contribution < -0.4 is 4.74 Å². The van der Waals surface area contributed by atoms with Crippen molar-refractivity contribution in [2.75, 3.05) is 27.2 Å². The van der Waals surface area contributed by atoms with Gasteiger partial charge in [-0.1, -0.05) is 48.0 Å². The lowest BCUT2D eigenvalue weighted by Crippen LogP contribution is -2.13. The predicted molar refractivity (Wildman–Crippen MR) is 93.7 cm³/mol. The Balaban J connectivity index is 1.95. The molecule has 22 heavy (non-hydrogen) atoms. The lowest BCUT2D eigenvalue weighted by molar-refractivity contribution is 0.291. The molecule has 0 atom stereocenters. The standard InChI is InChI=1S/C20H27NO/c1-17-11-12-20(22-14-8-7-13-21(2)3)19(15-17)16-18-9-5-4-6-10-18/h4-6,9-12,15H,7-8,13-14,16H2,1-3H3. The number of nitrogens with zero attached hydrogens (tertiary/aromatic N) is 1. The van der Waals surface area contributed by atoms with Crippen molar-refractivity contribution in [1.29, 1.82) is 0 Å². The van der Waals surface area contributed by atoms with Gasteiger partial charge in [0, 0.05) is 6.42 Å². The average molecular weight is 297 g/mol. The first-order valence-corrected chi connectivity index (χ1v) is 8.06. The Morgan fingerprint density at radius 2 is 1.73 bits per heavy atom. The topological polar surface area (TPSA) is 12.5 Å². The predicted octanol–water partition coefficient (Wildman–Crippen LogP) is 4.31. The Morgan fingerprint density at radius 3 is 2.45 bits per heavy atom. The van der Waals surface area contributed by atoms with Crippen LogP contribution in [0.25, 0.3) is 0 Å². The van der Waals surface area contributed by atoms with E-state index in [1.54, 1.807) is 0 Å². The molecule has 0 fully saturated rings. The third-order valence-electron chi connectivity index (χ3n) is 3.71. The molecule has 0 aliphatic rings. The van der Waals surface area contributed by atoms with Gasteiger partial charge in [0.05, 0.1) is 6.61 Å². The van der Waals surface area contributed by atoms with Crippen molar-refractivity contribution in [2.45, 2.75) is 26.2 Å². The van der Waals surface area contributed by atoms with Crippen LogP contribution >= 0.6 is 0 Å². The van der Waals surface area contributed by atoms with Gasteiger partial charge in [-0.3, -0.25) is 0 Å². The van der Waals surface area contributed by atoms with Gasteiger partial charge in [-0.2, -0.15) is 0 Å². The molecule has 0 aromatic heterocycles. The molecule has 0 radical (unpaired) electrons. The number of hydrogen-bond acceptors (Lipinski definition) is 2. The zero-order valence-electron chi connectivity index (χ0n) is 14.0. The molecule has 0 bridgehead atoms. The molecule has 0 saturated carbocycles. The van der Waals surface area contributed by atoms with E-state index in [0.717, 1.165) is 31.7 Å². The largest absolute Gasteiger partial charge is 0.493 e. The van der Waals surface area contributed by atoms with Gasteiger partial charge in [-0.25, -0.2) is 0 Å². The molecule has 2 nitrogen and oxygen atoms in total. The molecular weight excluding hydrogens is 270 g/mol. The highest BCUT2D eigenvalue weighted by molar-refractivity contribution is 5.40. The molecule has 2 aromatic carbocycles. The molecule has 0 heterocycles. The van der Waals surface area contributed by atoms with Crippen molar-refractivity contribution in [1.82, 2.24) is 4.90 Å². The van der Waals surface area contributed by atoms with Gasteiger partial charge >= 0.3 is 0 Å². The van der Waals surface area contributed by atoms with Crippen molar-refractivity contribution in [3.8, 4) is 5.75 Å². The number of rotatable bonds is 8. The summed E-state index contributed by atoms with van der Waals surface area (Å²) in [6.07, 6.45) is 3.19. The van der Waals surface area contributed by atoms with E-state index < -0.39 is 0 Å². The van der Waals surface area contributed by atoms with Crippen LogP contribution in [0.3, 0.4) is 0 Å². The highest BCUT2D eigenvalue weighted by atomic mass is 16.5. The van der Waals surface area contributed by atoms with Crippen molar-refractivity contribution in [2.24, 2.45) is 0 Å². The molecule has 0 N–H and O–H groups in total. The molecule has 0 amide bonds. The van der Waals surface area contributed by atoms with Gasteiger partial charge in [0.25, 0.3) is 0 Å². The molecule has 0 unspecified atom stereocenters. The summed E-state index contributed by atoms with van der Waals surface area (Å²) in [4.78, 5) is 2.21. The van der Waals surface area contributed by atoms with E-state index in [0.29, 0.717) is 0 Å². The van der Waals surface area contributed by atoms with Crippen molar-refractivity contribution in [3.63, 3.8) is 0 Å². The molecule has 0 saturated heterocycles. The number of ether oxygens (including phenoxy) is 1. The van der Waals surface area contributed by atoms with E-state index in [1.165, 1.54) is 23.1 Å². The zero-order chi connectivity index (χ0) is 15.8. The van der Waals surface area contributed by atoms with Crippen LogP contribution in [0.2, 0.25) is 0 Å². The van der Waals surface area contributed by atoms with Gasteiger partial charge in [0.1, 0.15) is 5.75 Å². The summed E-state index contributed by atoms with van der Waals surface area (Å²) in [6, 6.07) is 17.1. The number of aryl methyl sites for hydroxylation is 1. The second-order valence-corrected chi connectivity index (χ2v) is 6.13.